The fraction of sp³-hybridized carbons (Fsp3) is 0.231. The minimum Gasteiger partial charge on any atom is -0.457 e. The summed E-state index contributed by atoms with van der Waals surface area (Å²) in [7, 11) is 0. The van der Waals surface area contributed by atoms with Crippen molar-refractivity contribution in [2.75, 3.05) is 23.3 Å². The van der Waals surface area contributed by atoms with Crippen LogP contribution in [0.4, 0.5) is 11.4 Å². The molecule has 160 valence electrons. The Labute approximate surface area is 184 Å². The van der Waals surface area contributed by atoms with Crippen LogP contribution >= 0.6 is 0 Å². The Bertz CT molecular complexity index is 1020. The van der Waals surface area contributed by atoms with Crippen LogP contribution < -0.4 is 15.0 Å². The van der Waals surface area contributed by atoms with Crippen LogP contribution in [0, 0.1) is 11.3 Å². The zero-order valence-corrected chi connectivity index (χ0v) is 18.6. The zero-order chi connectivity index (χ0) is 22.6. The highest BCUT2D eigenvalue weighted by atomic mass is 16.5. The van der Waals surface area contributed by atoms with Crippen LogP contribution in [0.5, 0.6) is 11.5 Å². The molecule has 1 amide bonds. The molecule has 0 aromatic heterocycles. The van der Waals surface area contributed by atoms with Gasteiger partial charge in [-0.1, -0.05) is 38.1 Å². The number of amides is 1. The number of anilines is 2. The lowest BCUT2D eigenvalue weighted by molar-refractivity contribution is 0.102. The van der Waals surface area contributed by atoms with E-state index in [2.05, 4.69) is 30.1 Å². The van der Waals surface area contributed by atoms with Crippen LogP contribution in [0.1, 0.15) is 43.6 Å². The SMILES string of the molecule is CC.CCN(CC)c1cccc(C(=O)Nc2cc(Oc3ccccc3)ccc2C#N)c1. The van der Waals surface area contributed by atoms with Gasteiger partial charge in [-0.15, -0.1) is 0 Å². The topological polar surface area (TPSA) is 65.4 Å². The van der Waals surface area contributed by atoms with E-state index in [1.54, 1.807) is 24.3 Å². The highest BCUT2D eigenvalue weighted by Crippen LogP contribution is 2.27. The number of rotatable bonds is 7. The predicted molar refractivity (Wildman–Crippen MR) is 127 cm³/mol. The molecule has 0 spiro atoms. The maximum absolute atomic E-state index is 12.8. The Morgan fingerprint density at radius 1 is 0.935 bits per heavy atom. The first-order valence-corrected chi connectivity index (χ1v) is 10.6. The molecule has 0 fully saturated rings. The standard InChI is InChI=1S/C24H23N3O2.C2H6/c1-3-27(4-2)20-10-8-9-18(15-20)24(28)26-23-16-22(14-13-19(23)17-25)29-21-11-6-5-7-12-21;1-2/h5-16H,3-4H2,1-2H3,(H,26,28);1-2H3. The van der Waals surface area contributed by atoms with Crippen LogP contribution in [0.2, 0.25) is 0 Å². The molecule has 0 unspecified atom stereocenters. The summed E-state index contributed by atoms with van der Waals surface area (Å²) < 4.78 is 5.82. The summed E-state index contributed by atoms with van der Waals surface area (Å²) >= 11 is 0. The average molecular weight is 416 g/mol. The molecule has 3 rings (SSSR count). The lowest BCUT2D eigenvalue weighted by atomic mass is 10.1. The number of nitriles is 1. The van der Waals surface area contributed by atoms with E-state index < -0.39 is 0 Å². The molecular weight excluding hydrogens is 386 g/mol. The third-order valence-electron chi connectivity index (χ3n) is 4.58. The third kappa shape index (κ3) is 6.35. The highest BCUT2D eigenvalue weighted by Gasteiger charge is 2.12. The molecule has 0 aliphatic heterocycles. The molecule has 5 nitrogen and oxygen atoms in total. The highest BCUT2D eigenvalue weighted by molar-refractivity contribution is 6.05. The van der Waals surface area contributed by atoms with Crippen molar-refractivity contribution >= 4 is 17.3 Å². The van der Waals surface area contributed by atoms with E-state index in [9.17, 15) is 10.1 Å². The average Bonchev–Trinajstić information content (AvgIpc) is 2.82. The van der Waals surface area contributed by atoms with Gasteiger partial charge >= 0.3 is 0 Å². The van der Waals surface area contributed by atoms with E-state index in [0.717, 1.165) is 18.8 Å². The first-order chi connectivity index (χ1) is 15.1. The lowest BCUT2D eigenvalue weighted by Crippen LogP contribution is -2.22. The van der Waals surface area contributed by atoms with Crippen molar-refractivity contribution in [3.8, 4) is 17.6 Å². The summed E-state index contributed by atoms with van der Waals surface area (Å²) in [4.78, 5) is 15.0. The Hall–Kier alpha value is -3.78. The molecule has 0 aliphatic carbocycles. The first-order valence-electron chi connectivity index (χ1n) is 10.6. The van der Waals surface area contributed by atoms with Gasteiger partial charge in [-0.25, -0.2) is 0 Å². The van der Waals surface area contributed by atoms with Gasteiger partial charge in [0.05, 0.1) is 11.3 Å². The smallest absolute Gasteiger partial charge is 0.255 e. The second-order valence-corrected chi connectivity index (χ2v) is 6.41. The maximum Gasteiger partial charge on any atom is 0.255 e. The number of carbonyl (C=O) groups is 1. The Morgan fingerprint density at radius 3 is 2.29 bits per heavy atom. The van der Waals surface area contributed by atoms with E-state index in [4.69, 9.17) is 4.74 Å². The number of benzene rings is 3. The van der Waals surface area contributed by atoms with E-state index >= 15 is 0 Å². The molecule has 0 atom stereocenters. The van der Waals surface area contributed by atoms with Gasteiger partial charge < -0.3 is 15.0 Å². The van der Waals surface area contributed by atoms with Crippen LogP contribution in [-0.4, -0.2) is 19.0 Å². The molecule has 0 saturated heterocycles. The van der Waals surface area contributed by atoms with E-state index in [-0.39, 0.29) is 5.91 Å². The fourth-order valence-electron chi connectivity index (χ4n) is 3.04. The summed E-state index contributed by atoms with van der Waals surface area (Å²) in [6, 6.07) is 23.9. The number of hydrogen-bond donors (Lipinski definition) is 1. The summed E-state index contributed by atoms with van der Waals surface area (Å²) in [5.74, 6) is 0.955. The third-order valence-corrected chi connectivity index (χ3v) is 4.58. The molecule has 0 aliphatic rings. The van der Waals surface area contributed by atoms with Crippen molar-refractivity contribution in [3.05, 3.63) is 83.9 Å². The number of nitrogens with one attached hydrogen (secondary N) is 1. The van der Waals surface area contributed by atoms with Crippen molar-refractivity contribution in [1.29, 1.82) is 5.26 Å². The summed E-state index contributed by atoms with van der Waals surface area (Å²) in [6.45, 7) is 9.87. The number of para-hydroxylation sites is 1. The van der Waals surface area contributed by atoms with Gasteiger partial charge in [-0.3, -0.25) is 4.79 Å². The number of carbonyl (C=O) groups excluding carboxylic acids is 1. The van der Waals surface area contributed by atoms with Gasteiger partial charge in [-0.2, -0.15) is 5.26 Å². The van der Waals surface area contributed by atoms with Crippen molar-refractivity contribution < 1.29 is 9.53 Å². The number of hydrogen-bond acceptors (Lipinski definition) is 4. The molecule has 0 bridgehead atoms. The Balaban J connectivity index is 0.00000166. The van der Waals surface area contributed by atoms with Crippen molar-refractivity contribution in [3.63, 3.8) is 0 Å². The molecular formula is C26H29N3O2. The van der Waals surface area contributed by atoms with Crippen molar-refractivity contribution in [1.82, 2.24) is 0 Å². The van der Waals surface area contributed by atoms with Gasteiger partial charge in [0.25, 0.3) is 5.91 Å². The molecule has 0 radical (unpaired) electrons. The number of nitrogens with zero attached hydrogens (tertiary/aromatic N) is 2. The van der Waals surface area contributed by atoms with Gasteiger partial charge in [0.2, 0.25) is 0 Å². The largest absolute Gasteiger partial charge is 0.457 e. The van der Waals surface area contributed by atoms with E-state index in [1.165, 1.54) is 0 Å². The number of ether oxygens (including phenoxy) is 1. The predicted octanol–water partition coefficient (Wildman–Crippen LogP) is 6.48. The summed E-state index contributed by atoms with van der Waals surface area (Å²) in [5.41, 5.74) is 2.31. The van der Waals surface area contributed by atoms with Gasteiger partial charge in [0, 0.05) is 30.4 Å². The minimum atomic E-state index is -0.271. The zero-order valence-electron chi connectivity index (χ0n) is 18.6. The molecule has 0 saturated carbocycles. The molecule has 3 aromatic carbocycles. The van der Waals surface area contributed by atoms with Crippen molar-refractivity contribution in [2.45, 2.75) is 27.7 Å². The maximum atomic E-state index is 12.8. The Morgan fingerprint density at radius 2 is 1.65 bits per heavy atom. The fourth-order valence-corrected chi connectivity index (χ4v) is 3.04. The summed E-state index contributed by atoms with van der Waals surface area (Å²) in [6.07, 6.45) is 0. The molecule has 1 N–H and O–H groups in total. The minimum absolute atomic E-state index is 0.271. The van der Waals surface area contributed by atoms with Gasteiger partial charge in [0.15, 0.2) is 0 Å². The quantitative estimate of drug-likeness (QED) is 0.480. The first kappa shape index (κ1) is 23.5. The van der Waals surface area contributed by atoms with Gasteiger partial charge in [0.1, 0.15) is 17.6 Å². The van der Waals surface area contributed by atoms with Crippen molar-refractivity contribution in [2.24, 2.45) is 0 Å². The van der Waals surface area contributed by atoms with Crippen LogP contribution in [0.15, 0.2) is 72.8 Å². The van der Waals surface area contributed by atoms with Crippen LogP contribution in [-0.2, 0) is 0 Å². The Kier molecular flexibility index (Phi) is 9.13. The van der Waals surface area contributed by atoms with E-state index in [0.29, 0.717) is 28.3 Å². The van der Waals surface area contributed by atoms with Crippen LogP contribution in [0.3, 0.4) is 0 Å². The van der Waals surface area contributed by atoms with Crippen LogP contribution in [0.25, 0.3) is 0 Å². The molecule has 31 heavy (non-hydrogen) atoms. The second kappa shape index (κ2) is 12.0. The van der Waals surface area contributed by atoms with E-state index in [1.807, 2.05) is 62.4 Å². The normalized spacial score (nSPS) is 9.65. The van der Waals surface area contributed by atoms with Gasteiger partial charge in [-0.05, 0) is 56.3 Å². The molecule has 0 heterocycles. The molecule has 5 heteroatoms. The lowest BCUT2D eigenvalue weighted by Gasteiger charge is -2.21. The molecule has 3 aromatic rings. The second-order valence-electron chi connectivity index (χ2n) is 6.41. The monoisotopic (exact) mass is 415 g/mol. The summed E-state index contributed by atoms with van der Waals surface area (Å²) in [5, 5.41) is 12.3.